The highest BCUT2D eigenvalue weighted by Gasteiger charge is 2.34. The van der Waals surface area contributed by atoms with Gasteiger partial charge in [-0.3, -0.25) is 14.4 Å². The lowest BCUT2D eigenvalue weighted by atomic mass is 10.1. The molecule has 1 aliphatic rings. The molecule has 180 valence electrons. The van der Waals surface area contributed by atoms with Crippen LogP contribution in [0.25, 0.3) is 0 Å². The number of anilines is 2. The van der Waals surface area contributed by atoms with Crippen LogP contribution in [0.2, 0.25) is 0 Å². The molecule has 3 amide bonds. The fourth-order valence-electron chi connectivity index (χ4n) is 3.98. The number of ether oxygens (including phenoxy) is 1. The first-order valence-corrected chi connectivity index (χ1v) is 11.3. The van der Waals surface area contributed by atoms with Crippen LogP contribution in [0.4, 0.5) is 15.8 Å². The van der Waals surface area contributed by atoms with E-state index in [0.717, 1.165) is 5.56 Å². The largest absolute Gasteiger partial charge is 0.497 e. The van der Waals surface area contributed by atoms with E-state index in [1.54, 1.807) is 72.7 Å². The zero-order valence-electron chi connectivity index (χ0n) is 19.3. The topological polar surface area (TPSA) is 87.7 Å². The van der Waals surface area contributed by atoms with E-state index in [0.29, 0.717) is 42.2 Å². The summed E-state index contributed by atoms with van der Waals surface area (Å²) in [5, 5.41) is 5.63. The predicted octanol–water partition coefficient (Wildman–Crippen LogP) is 4.12. The lowest BCUT2D eigenvalue weighted by Gasteiger charge is -2.17. The molecule has 7 nitrogen and oxygen atoms in total. The molecule has 1 fully saturated rings. The van der Waals surface area contributed by atoms with Crippen LogP contribution in [0.15, 0.2) is 72.8 Å². The fraction of sp³-hybridized carbons (Fsp3) is 0.222. The van der Waals surface area contributed by atoms with Crippen molar-refractivity contribution in [3.8, 4) is 5.75 Å². The summed E-state index contributed by atoms with van der Waals surface area (Å²) < 4.78 is 18.2. The van der Waals surface area contributed by atoms with Gasteiger partial charge in [-0.2, -0.15) is 0 Å². The Labute approximate surface area is 202 Å². The zero-order chi connectivity index (χ0) is 24.8. The normalized spacial score (nSPS) is 15.1. The van der Waals surface area contributed by atoms with Gasteiger partial charge in [0.1, 0.15) is 11.6 Å². The molecule has 1 saturated heterocycles. The van der Waals surface area contributed by atoms with Gasteiger partial charge < -0.3 is 20.3 Å². The van der Waals surface area contributed by atoms with Gasteiger partial charge in [0.25, 0.3) is 5.91 Å². The smallest absolute Gasteiger partial charge is 0.257 e. The van der Waals surface area contributed by atoms with Crippen LogP contribution in [0, 0.1) is 11.7 Å². The predicted molar refractivity (Wildman–Crippen MR) is 131 cm³/mol. The second-order valence-corrected chi connectivity index (χ2v) is 8.33. The molecule has 0 unspecified atom stereocenters. The number of methoxy groups -OCH3 is 1. The maximum Gasteiger partial charge on any atom is 0.257 e. The van der Waals surface area contributed by atoms with Crippen LogP contribution < -0.4 is 15.4 Å². The van der Waals surface area contributed by atoms with E-state index < -0.39 is 5.92 Å². The molecule has 8 heteroatoms. The van der Waals surface area contributed by atoms with Crippen molar-refractivity contribution in [3.63, 3.8) is 0 Å². The summed E-state index contributed by atoms with van der Waals surface area (Å²) in [6.45, 7) is 0.751. The molecule has 0 aromatic heterocycles. The van der Waals surface area contributed by atoms with Crippen molar-refractivity contribution in [2.24, 2.45) is 5.92 Å². The Hall–Kier alpha value is -4.20. The van der Waals surface area contributed by atoms with Crippen molar-refractivity contribution in [2.45, 2.75) is 12.8 Å². The molecule has 4 rings (SSSR count). The van der Waals surface area contributed by atoms with Crippen molar-refractivity contribution in [1.29, 1.82) is 0 Å². The number of carbonyl (C=O) groups excluding carboxylic acids is 3. The van der Waals surface area contributed by atoms with Gasteiger partial charge in [0.2, 0.25) is 11.8 Å². The molecule has 1 atom stereocenters. The molecule has 1 aliphatic heterocycles. The number of rotatable bonds is 8. The van der Waals surface area contributed by atoms with Gasteiger partial charge in [-0.15, -0.1) is 0 Å². The molecule has 0 radical (unpaired) electrons. The highest BCUT2D eigenvalue weighted by Crippen LogP contribution is 2.23. The average Bonchev–Trinajstić information content (AvgIpc) is 3.25. The van der Waals surface area contributed by atoms with Gasteiger partial charge in [0.05, 0.1) is 24.3 Å². The molecule has 0 aliphatic carbocycles. The molecule has 1 heterocycles. The van der Waals surface area contributed by atoms with Gasteiger partial charge in [0, 0.05) is 25.2 Å². The van der Waals surface area contributed by atoms with Crippen LogP contribution in [0.1, 0.15) is 22.3 Å². The van der Waals surface area contributed by atoms with E-state index >= 15 is 0 Å². The first-order valence-electron chi connectivity index (χ1n) is 11.3. The van der Waals surface area contributed by atoms with E-state index in [1.807, 2.05) is 0 Å². The SMILES string of the molecule is COc1ccc(NC(=O)c2ccccc2NC(=O)[C@H]2CC(=O)N(CCc3ccc(F)cc3)C2)cc1. The number of para-hydroxylation sites is 1. The number of halogens is 1. The van der Waals surface area contributed by atoms with E-state index in [-0.39, 0.29) is 30.0 Å². The minimum absolute atomic E-state index is 0.0993. The summed E-state index contributed by atoms with van der Waals surface area (Å²) in [6.07, 6.45) is 0.685. The van der Waals surface area contributed by atoms with E-state index in [4.69, 9.17) is 4.74 Å². The second kappa shape index (κ2) is 10.8. The van der Waals surface area contributed by atoms with Gasteiger partial charge in [-0.05, 0) is 60.5 Å². The number of hydrogen-bond acceptors (Lipinski definition) is 4. The number of amides is 3. The van der Waals surface area contributed by atoms with Crippen molar-refractivity contribution >= 4 is 29.1 Å². The summed E-state index contributed by atoms with van der Waals surface area (Å²) in [5.41, 5.74) is 2.20. The highest BCUT2D eigenvalue weighted by molar-refractivity contribution is 6.10. The molecule has 0 spiro atoms. The van der Waals surface area contributed by atoms with Crippen LogP contribution in [0.3, 0.4) is 0 Å². The molecular weight excluding hydrogens is 449 g/mol. The van der Waals surface area contributed by atoms with Gasteiger partial charge in [-0.1, -0.05) is 24.3 Å². The molecule has 2 N–H and O–H groups in total. The second-order valence-electron chi connectivity index (χ2n) is 8.33. The Kier molecular flexibility index (Phi) is 7.40. The quantitative estimate of drug-likeness (QED) is 0.513. The van der Waals surface area contributed by atoms with Crippen LogP contribution >= 0.6 is 0 Å². The maximum absolute atomic E-state index is 13.1. The number of likely N-dealkylation sites (tertiary alicyclic amines) is 1. The highest BCUT2D eigenvalue weighted by atomic mass is 19.1. The molecule has 0 saturated carbocycles. The summed E-state index contributed by atoms with van der Waals surface area (Å²) in [6, 6.07) is 19.8. The van der Waals surface area contributed by atoms with Crippen LogP contribution in [-0.2, 0) is 16.0 Å². The molecule has 3 aromatic rings. The molecule has 3 aromatic carbocycles. The van der Waals surface area contributed by atoms with Crippen molar-refractivity contribution in [3.05, 3.63) is 89.7 Å². The van der Waals surface area contributed by atoms with E-state index in [2.05, 4.69) is 10.6 Å². The number of carbonyl (C=O) groups is 3. The Morgan fingerprint density at radius 2 is 1.71 bits per heavy atom. The van der Waals surface area contributed by atoms with Crippen LogP contribution in [0.5, 0.6) is 5.75 Å². The Balaban J connectivity index is 1.36. The third kappa shape index (κ3) is 6.03. The Morgan fingerprint density at radius 1 is 1.00 bits per heavy atom. The average molecular weight is 476 g/mol. The van der Waals surface area contributed by atoms with E-state index in [9.17, 15) is 18.8 Å². The number of nitrogens with one attached hydrogen (secondary N) is 2. The number of benzene rings is 3. The maximum atomic E-state index is 13.1. The lowest BCUT2D eigenvalue weighted by molar-refractivity contribution is -0.128. The molecule has 35 heavy (non-hydrogen) atoms. The van der Waals surface area contributed by atoms with Gasteiger partial charge in [0.15, 0.2) is 0 Å². The minimum atomic E-state index is -0.520. The third-order valence-electron chi connectivity index (χ3n) is 5.95. The van der Waals surface area contributed by atoms with Crippen LogP contribution in [-0.4, -0.2) is 42.8 Å². The van der Waals surface area contributed by atoms with Gasteiger partial charge in [-0.25, -0.2) is 4.39 Å². The third-order valence-corrected chi connectivity index (χ3v) is 5.95. The summed E-state index contributed by atoms with van der Waals surface area (Å²) in [7, 11) is 1.56. The summed E-state index contributed by atoms with van der Waals surface area (Å²) >= 11 is 0. The summed E-state index contributed by atoms with van der Waals surface area (Å²) in [5.74, 6) is -0.929. The van der Waals surface area contributed by atoms with Crippen molar-refractivity contribution < 1.29 is 23.5 Å². The number of hydrogen-bond donors (Lipinski definition) is 2. The fourth-order valence-corrected chi connectivity index (χ4v) is 3.98. The van der Waals surface area contributed by atoms with E-state index in [1.165, 1.54) is 12.1 Å². The Bertz CT molecular complexity index is 1210. The Morgan fingerprint density at radius 3 is 2.43 bits per heavy atom. The number of nitrogens with zero attached hydrogens (tertiary/aromatic N) is 1. The first kappa shape index (κ1) is 23.9. The molecular formula is C27H26FN3O4. The van der Waals surface area contributed by atoms with Crippen molar-refractivity contribution in [1.82, 2.24) is 4.90 Å². The van der Waals surface area contributed by atoms with Gasteiger partial charge >= 0.3 is 0 Å². The summed E-state index contributed by atoms with van der Waals surface area (Å²) in [4.78, 5) is 39.9. The zero-order valence-corrected chi connectivity index (χ0v) is 19.3. The standard InChI is InChI=1S/C27H26FN3O4/c1-35-22-12-10-21(11-13-22)29-27(34)23-4-2-3-5-24(23)30-26(33)19-16-25(32)31(17-19)15-14-18-6-8-20(28)9-7-18/h2-13,19H,14-17H2,1H3,(H,29,34)(H,30,33)/t19-/m0/s1. The lowest BCUT2D eigenvalue weighted by Crippen LogP contribution is -2.30. The molecule has 0 bridgehead atoms. The van der Waals surface area contributed by atoms with Crippen molar-refractivity contribution in [2.75, 3.05) is 30.8 Å². The minimum Gasteiger partial charge on any atom is -0.497 e. The first-order chi connectivity index (χ1) is 16.9. The monoisotopic (exact) mass is 475 g/mol.